The first-order chi connectivity index (χ1) is 14.9. The number of carboxylic acids is 1. The van der Waals surface area contributed by atoms with E-state index in [4.69, 9.17) is 4.74 Å². The average molecular weight is 435 g/mol. The number of likely N-dealkylation sites (N-methyl/N-ethyl adjacent to an activating group) is 1. The van der Waals surface area contributed by atoms with Gasteiger partial charge in [-0.05, 0) is 41.5 Å². The van der Waals surface area contributed by atoms with E-state index in [1.165, 1.54) is 16.2 Å². The molecule has 7 heteroatoms. The molecule has 1 amide bonds. The number of benzene rings is 2. The third-order valence-electron chi connectivity index (χ3n) is 5.17. The number of hydrogen-bond donors (Lipinski definition) is 1. The number of carbonyl (C=O) groups excluding carboxylic acids is 1. The number of carbonyl (C=O) groups is 2. The summed E-state index contributed by atoms with van der Waals surface area (Å²) in [6.07, 6.45) is 0. The number of ether oxygens (including phenoxy) is 1. The SMILES string of the molecule is COc1ccc(-c2c(-c3ccccc3)c3sc(C(=O)O)cc3n2CC(=O)N(C)C)cc1. The van der Waals surface area contributed by atoms with E-state index >= 15 is 0 Å². The fourth-order valence-corrected chi connectivity index (χ4v) is 4.66. The fourth-order valence-electron chi connectivity index (χ4n) is 3.59. The van der Waals surface area contributed by atoms with Crippen molar-refractivity contribution in [3.05, 3.63) is 65.5 Å². The van der Waals surface area contributed by atoms with Gasteiger partial charge in [-0.2, -0.15) is 0 Å². The van der Waals surface area contributed by atoms with Crippen molar-refractivity contribution in [1.29, 1.82) is 0 Å². The molecule has 31 heavy (non-hydrogen) atoms. The lowest BCUT2D eigenvalue weighted by Gasteiger charge is -2.16. The summed E-state index contributed by atoms with van der Waals surface area (Å²) in [7, 11) is 5.04. The van der Waals surface area contributed by atoms with Crippen LogP contribution in [0.5, 0.6) is 5.75 Å². The molecule has 2 heterocycles. The van der Waals surface area contributed by atoms with Crippen LogP contribution in [-0.4, -0.2) is 47.7 Å². The van der Waals surface area contributed by atoms with Crippen LogP contribution in [0.15, 0.2) is 60.7 Å². The van der Waals surface area contributed by atoms with E-state index in [0.717, 1.165) is 38.4 Å². The zero-order valence-corrected chi connectivity index (χ0v) is 18.3. The number of aromatic carboxylic acids is 1. The van der Waals surface area contributed by atoms with Crippen molar-refractivity contribution in [3.8, 4) is 28.1 Å². The van der Waals surface area contributed by atoms with Crippen molar-refractivity contribution in [3.63, 3.8) is 0 Å². The minimum atomic E-state index is -0.975. The Morgan fingerprint density at radius 2 is 1.71 bits per heavy atom. The predicted octanol–water partition coefficient (Wildman–Crippen LogP) is 4.83. The van der Waals surface area contributed by atoms with Gasteiger partial charge in [-0.1, -0.05) is 30.3 Å². The number of nitrogens with zero attached hydrogens (tertiary/aromatic N) is 2. The number of carboxylic acid groups (broad SMARTS) is 1. The molecule has 158 valence electrons. The predicted molar refractivity (Wildman–Crippen MR) is 123 cm³/mol. The van der Waals surface area contributed by atoms with Crippen LogP contribution in [0.3, 0.4) is 0 Å². The number of thiophene rings is 1. The van der Waals surface area contributed by atoms with Crippen LogP contribution in [0, 0.1) is 0 Å². The van der Waals surface area contributed by atoms with Crippen molar-refractivity contribution in [2.75, 3.05) is 21.2 Å². The maximum Gasteiger partial charge on any atom is 0.345 e. The molecule has 2 aromatic carbocycles. The molecule has 0 saturated heterocycles. The number of rotatable bonds is 6. The summed E-state index contributed by atoms with van der Waals surface area (Å²) in [5.41, 5.74) is 4.42. The molecule has 0 atom stereocenters. The fraction of sp³-hybridized carbons (Fsp3) is 0.167. The Morgan fingerprint density at radius 3 is 2.29 bits per heavy atom. The highest BCUT2D eigenvalue weighted by atomic mass is 32.1. The number of methoxy groups -OCH3 is 1. The Labute approximate surface area is 183 Å². The van der Waals surface area contributed by atoms with Gasteiger partial charge in [0.05, 0.1) is 23.0 Å². The Morgan fingerprint density at radius 1 is 1.03 bits per heavy atom. The molecule has 0 saturated carbocycles. The van der Waals surface area contributed by atoms with E-state index in [9.17, 15) is 14.7 Å². The standard InChI is InChI=1S/C24H22N2O4S/c1-25(2)20(27)14-26-18-13-19(24(28)29)31-23(18)21(15-7-5-4-6-8-15)22(26)16-9-11-17(30-3)12-10-16/h4-13H,14H2,1-3H3,(H,28,29). The van der Waals surface area contributed by atoms with Gasteiger partial charge in [0.1, 0.15) is 17.2 Å². The van der Waals surface area contributed by atoms with Gasteiger partial charge in [-0.15, -0.1) is 11.3 Å². The third-order valence-corrected chi connectivity index (χ3v) is 6.30. The molecular weight excluding hydrogens is 412 g/mol. The molecule has 0 radical (unpaired) electrons. The van der Waals surface area contributed by atoms with E-state index in [2.05, 4.69) is 0 Å². The van der Waals surface area contributed by atoms with Crippen molar-refractivity contribution in [2.24, 2.45) is 0 Å². The van der Waals surface area contributed by atoms with Gasteiger partial charge in [-0.3, -0.25) is 4.79 Å². The molecule has 6 nitrogen and oxygen atoms in total. The number of fused-ring (bicyclic) bond motifs is 1. The molecule has 1 N–H and O–H groups in total. The molecule has 2 aromatic heterocycles. The largest absolute Gasteiger partial charge is 0.497 e. The maximum absolute atomic E-state index is 12.7. The molecule has 0 fully saturated rings. The summed E-state index contributed by atoms with van der Waals surface area (Å²) in [6.45, 7) is 0.105. The van der Waals surface area contributed by atoms with Gasteiger partial charge in [0.25, 0.3) is 0 Å². The molecule has 0 aliphatic heterocycles. The summed E-state index contributed by atoms with van der Waals surface area (Å²) in [6, 6.07) is 19.2. The number of amides is 1. The van der Waals surface area contributed by atoms with Gasteiger partial charge < -0.3 is 19.3 Å². The molecule has 0 aliphatic carbocycles. The van der Waals surface area contributed by atoms with Gasteiger partial charge in [0, 0.05) is 19.7 Å². The summed E-state index contributed by atoms with van der Waals surface area (Å²) in [5, 5.41) is 9.58. The normalized spacial score (nSPS) is 10.9. The molecule has 0 aliphatic rings. The van der Waals surface area contributed by atoms with E-state index in [0.29, 0.717) is 0 Å². The smallest absolute Gasteiger partial charge is 0.345 e. The molecule has 4 aromatic rings. The molecular formula is C24H22N2O4S. The topological polar surface area (TPSA) is 71.8 Å². The van der Waals surface area contributed by atoms with Crippen LogP contribution in [0.2, 0.25) is 0 Å². The second-order valence-electron chi connectivity index (χ2n) is 7.32. The minimum absolute atomic E-state index is 0.0747. The van der Waals surface area contributed by atoms with Crippen LogP contribution in [-0.2, 0) is 11.3 Å². The molecule has 0 unspecified atom stereocenters. The van der Waals surface area contributed by atoms with Crippen LogP contribution in [0.1, 0.15) is 9.67 Å². The van der Waals surface area contributed by atoms with Gasteiger partial charge in [0.15, 0.2) is 0 Å². The summed E-state index contributed by atoms with van der Waals surface area (Å²) < 4.78 is 8.07. The van der Waals surface area contributed by atoms with Crippen molar-refractivity contribution < 1.29 is 19.4 Å². The Kier molecular flexibility index (Phi) is 5.52. The van der Waals surface area contributed by atoms with Gasteiger partial charge in [0.2, 0.25) is 5.91 Å². The first-order valence-corrected chi connectivity index (χ1v) is 10.5. The first-order valence-electron chi connectivity index (χ1n) is 9.70. The highest BCUT2D eigenvalue weighted by molar-refractivity contribution is 7.21. The first kappa shape index (κ1) is 20.7. The van der Waals surface area contributed by atoms with Crippen LogP contribution >= 0.6 is 11.3 Å². The lowest BCUT2D eigenvalue weighted by atomic mass is 10.0. The highest BCUT2D eigenvalue weighted by Gasteiger charge is 2.25. The summed E-state index contributed by atoms with van der Waals surface area (Å²) >= 11 is 1.23. The lowest BCUT2D eigenvalue weighted by Crippen LogP contribution is -2.26. The zero-order valence-electron chi connectivity index (χ0n) is 17.5. The van der Waals surface area contributed by atoms with Crippen molar-refractivity contribution in [2.45, 2.75) is 6.54 Å². The second kappa shape index (κ2) is 8.28. The number of aromatic nitrogens is 1. The lowest BCUT2D eigenvalue weighted by molar-refractivity contribution is -0.129. The van der Waals surface area contributed by atoms with E-state index in [-0.39, 0.29) is 17.3 Å². The third kappa shape index (κ3) is 3.80. The highest BCUT2D eigenvalue weighted by Crippen LogP contribution is 2.44. The van der Waals surface area contributed by atoms with Crippen LogP contribution in [0.4, 0.5) is 0 Å². The van der Waals surface area contributed by atoms with Crippen LogP contribution in [0.25, 0.3) is 32.6 Å². The van der Waals surface area contributed by atoms with E-state index in [1.54, 1.807) is 27.3 Å². The maximum atomic E-state index is 12.7. The number of hydrogen-bond acceptors (Lipinski definition) is 4. The van der Waals surface area contributed by atoms with E-state index in [1.807, 2.05) is 59.2 Å². The molecule has 0 bridgehead atoms. The van der Waals surface area contributed by atoms with Gasteiger partial charge in [-0.25, -0.2) is 4.79 Å². The summed E-state index contributed by atoms with van der Waals surface area (Å²) in [5.74, 6) is -0.312. The van der Waals surface area contributed by atoms with E-state index < -0.39 is 5.97 Å². The second-order valence-corrected chi connectivity index (χ2v) is 8.37. The van der Waals surface area contributed by atoms with Crippen molar-refractivity contribution >= 4 is 33.4 Å². The Hall–Kier alpha value is -3.58. The molecule has 4 rings (SSSR count). The Balaban J connectivity index is 2.06. The van der Waals surface area contributed by atoms with Crippen LogP contribution < -0.4 is 4.74 Å². The van der Waals surface area contributed by atoms with Crippen molar-refractivity contribution in [1.82, 2.24) is 9.47 Å². The van der Waals surface area contributed by atoms with Gasteiger partial charge >= 0.3 is 5.97 Å². The zero-order chi connectivity index (χ0) is 22.1. The quantitative estimate of drug-likeness (QED) is 0.472. The average Bonchev–Trinajstić information content (AvgIpc) is 3.32. The minimum Gasteiger partial charge on any atom is -0.497 e. The monoisotopic (exact) mass is 434 g/mol. The Bertz CT molecular complexity index is 1250. The molecule has 0 spiro atoms. The summed E-state index contributed by atoms with van der Waals surface area (Å²) in [4.78, 5) is 26.2.